The van der Waals surface area contributed by atoms with Crippen LogP contribution in [-0.4, -0.2) is 75.6 Å². The minimum absolute atomic E-state index is 0.127. The fourth-order valence-corrected chi connectivity index (χ4v) is 3.81. The average Bonchev–Trinajstić information content (AvgIpc) is 2.85. The second-order valence-corrected chi connectivity index (χ2v) is 9.53. The maximum atomic E-state index is 13.5. The van der Waals surface area contributed by atoms with Gasteiger partial charge in [-0.3, -0.25) is 14.6 Å². The molecule has 1 aliphatic heterocycles. The van der Waals surface area contributed by atoms with Crippen molar-refractivity contribution in [2.45, 2.75) is 46.3 Å². The Bertz CT molecular complexity index is 1090. The quantitative estimate of drug-likeness (QED) is 0.642. The van der Waals surface area contributed by atoms with E-state index in [0.29, 0.717) is 35.7 Å². The Morgan fingerprint density at radius 3 is 2.77 bits per heavy atom. The van der Waals surface area contributed by atoms with Gasteiger partial charge in [0.2, 0.25) is 5.88 Å². The first-order chi connectivity index (χ1) is 16.7. The molecule has 186 valence electrons. The lowest BCUT2D eigenvalue weighted by atomic mass is 9.99. The van der Waals surface area contributed by atoms with Gasteiger partial charge in [0.25, 0.3) is 11.8 Å². The first-order valence-electron chi connectivity index (χ1n) is 11.9. The number of rotatable bonds is 6. The smallest absolute Gasteiger partial charge is 0.259 e. The lowest BCUT2D eigenvalue weighted by molar-refractivity contribution is 0.0313. The van der Waals surface area contributed by atoms with Crippen LogP contribution < -0.4 is 4.74 Å². The highest BCUT2D eigenvalue weighted by Gasteiger charge is 2.34. The van der Waals surface area contributed by atoms with Crippen LogP contribution in [0.2, 0.25) is 0 Å². The summed E-state index contributed by atoms with van der Waals surface area (Å²) in [6.07, 6.45) is 5.07. The van der Waals surface area contributed by atoms with Gasteiger partial charge in [-0.1, -0.05) is 32.6 Å². The summed E-state index contributed by atoms with van der Waals surface area (Å²) in [5, 5.41) is 9.81. The summed E-state index contributed by atoms with van der Waals surface area (Å²) in [6, 6.07) is 4.75. The predicted octanol–water partition coefficient (Wildman–Crippen LogP) is 2.87. The van der Waals surface area contributed by atoms with Gasteiger partial charge in [-0.15, -0.1) is 0 Å². The molecule has 0 bridgehead atoms. The molecule has 8 heteroatoms. The zero-order valence-electron chi connectivity index (χ0n) is 21.1. The first-order valence-corrected chi connectivity index (χ1v) is 11.9. The number of likely N-dealkylation sites (N-methyl/N-ethyl adjacent to an activating group) is 1. The van der Waals surface area contributed by atoms with Crippen LogP contribution in [0, 0.1) is 23.7 Å². The number of carbonyl (C=O) groups is 2. The molecule has 2 amide bonds. The third kappa shape index (κ3) is 6.58. The van der Waals surface area contributed by atoms with Crippen LogP contribution >= 0.6 is 0 Å². The second kappa shape index (κ2) is 11.8. The van der Waals surface area contributed by atoms with Gasteiger partial charge >= 0.3 is 0 Å². The van der Waals surface area contributed by atoms with E-state index < -0.39 is 6.10 Å². The molecule has 8 nitrogen and oxygen atoms in total. The van der Waals surface area contributed by atoms with Crippen LogP contribution in [-0.2, 0) is 0 Å². The Balaban J connectivity index is 1.93. The van der Waals surface area contributed by atoms with Gasteiger partial charge < -0.3 is 19.6 Å². The number of hydrogen-bond acceptors (Lipinski definition) is 6. The van der Waals surface area contributed by atoms with Crippen molar-refractivity contribution in [3.05, 3.63) is 53.5 Å². The largest absolute Gasteiger partial charge is 0.472 e. The standard InChI is InChI=1S/C27H34N4O4/c1-18(2)8-6-9-21-12-23-25(29-13-21)35-24(19(3)15-31(27(23)34)20(4)17-32)16-30(5)26(33)22-10-7-11-28-14-22/h7,10-14,18-20,24,32H,8,15-17H2,1-5H3/t19-,20+,24-/m1/s1. The molecular weight excluding hydrogens is 444 g/mol. The average molecular weight is 479 g/mol. The number of hydrogen-bond donors (Lipinski definition) is 1. The van der Waals surface area contributed by atoms with Crippen molar-refractivity contribution >= 4 is 11.8 Å². The Labute approximate surface area is 207 Å². The Kier molecular flexibility index (Phi) is 8.83. The predicted molar refractivity (Wildman–Crippen MR) is 133 cm³/mol. The molecule has 1 aliphatic rings. The number of ether oxygens (including phenoxy) is 1. The fraction of sp³-hybridized carbons (Fsp3) is 0.481. The molecule has 0 saturated heterocycles. The van der Waals surface area contributed by atoms with Crippen molar-refractivity contribution in [3.8, 4) is 17.7 Å². The molecule has 3 heterocycles. The van der Waals surface area contributed by atoms with Crippen LogP contribution in [0.25, 0.3) is 0 Å². The highest BCUT2D eigenvalue weighted by molar-refractivity contribution is 5.97. The topological polar surface area (TPSA) is 95.9 Å². The molecule has 35 heavy (non-hydrogen) atoms. The minimum Gasteiger partial charge on any atom is -0.472 e. The SMILES string of the molecule is CC(C)CC#Cc1cnc2c(c1)C(=O)N([C@@H](C)CO)C[C@@H](C)[C@@H](CN(C)C(=O)c1cccnc1)O2. The molecule has 0 fully saturated rings. The van der Waals surface area contributed by atoms with Gasteiger partial charge in [0.1, 0.15) is 11.7 Å². The van der Waals surface area contributed by atoms with E-state index in [2.05, 4.69) is 35.7 Å². The van der Waals surface area contributed by atoms with Crippen molar-refractivity contribution in [1.29, 1.82) is 0 Å². The molecule has 0 saturated carbocycles. The number of fused-ring (bicyclic) bond motifs is 1. The molecule has 1 N–H and O–H groups in total. The van der Waals surface area contributed by atoms with Crippen molar-refractivity contribution in [2.24, 2.45) is 11.8 Å². The molecule has 0 radical (unpaired) electrons. The number of carbonyl (C=O) groups excluding carboxylic acids is 2. The zero-order valence-corrected chi connectivity index (χ0v) is 21.1. The van der Waals surface area contributed by atoms with Crippen molar-refractivity contribution < 1.29 is 19.4 Å². The van der Waals surface area contributed by atoms with Gasteiger partial charge in [0, 0.05) is 50.1 Å². The molecular formula is C27H34N4O4. The van der Waals surface area contributed by atoms with E-state index in [-0.39, 0.29) is 36.3 Å². The lowest BCUT2D eigenvalue weighted by Gasteiger charge is -2.37. The highest BCUT2D eigenvalue weighted by Crippen LogP contribution is 2.27. The van der Waals surface area contributed by atoms with Crippen LogP contribution in [0.5, 0.6) is 5.88 Å². The maximum absolute atomic E-state index is 13.5. The van der Waals surface area contributed by atoms with E-state index in [9.17, 15) is 14.7 Å². The summed E-state index contributed by atoms with van der Waals surface area (Å²) in [7, 11) is 1.71. The second-order valence-electron chi connectivity index (χ2n) is 9.53. The van der Waals surface area contributed by atoms with Crippen molar-refractivity contribution in [1.82, 2.24) is 19.8 Å². The lowest BCUT2D eigenvalue weighted by Crippen LogP contribution is -2.50. The molecule has 3 atom stereocenters. The maximum Gasteiger partial charge on any atom is 0.259 e. The normalized spacial score (nSPS) is 18.5. The van der Waals surface area contributed by atoms with Gasteiger partial charge in [-0.2, -0.15) is 0 Å². The molecule has 3 rings (SSSR count). The Hall–Kier alpha value is -3.44. The zero-order chi connectivity index (χ0) is 25.5. The molecule has 0 aliphatic carbocycles. The van der Waals surface area contributed by atoms with Crippen molar-refractivity contribution in [2.75, 3.05) is 26.7 Å². The molecule has 0 unspecified atom stereocenters. The fourth-order valence-electron chi connectivity index (χ4n) is 3.81. The van der Waals surface area contributed by atoms with Gasteiger partial charge in [-0.25, -0.2) is 4.98 Å². The monoisotopic (exact) mass is 478 g/mol. The van der Waals surface area contributed by atoms with Gasteiger partial charge in [0.15, 0.2) is 0 Å². The summed E-state index contributed by atoms with van der Waals surface area (Å²) >= 11 is 0. The van der Waals surface area contributed by atoms with E-state index >= 15 is 0 Å². The first kappa shape index (κ1) is 26.2. The Morgan fingerprint density at radius 1 is 1.34 bits per heavy atom. The van der Waals surface area contributed by atoms with E-state index in [4.69, 9.17) is 4.74 Å². The summed E-state index contributed by atoms with van der Waals surface area (Å²) < 4.78 is 6.26. The number of aliphatic hydroxyl groups excluding tert-OH is 1. The molecule has 0 aromatic carbocycles. The van der Waals surface area contributed by atoms with Gasteiger partial charge in [-0.05, 0) is 31.0 Å². The molecule has 2 aromatic rings. The van der Waals surface area contributed by atoms with Crippen LogP contribution in [0.4, 0.5) is 0 Å². The number of amides is 2. The minimum atomic E-state index is -0.425. The number of aromatic nitrogens is 2. The van der Waals surface area contributed by atoms with Crippen LogP contribution in [0.15, 0.2) is 36.8 Å². The summed E-state index contributed by atoms with van der Waals surface area (Å²) in [6.45, 7) is 8.45. The molecule has 2 aromatic heterocycles. The summed E-state index contributed by atoms with van der Waals surface area (Å²) in [4.78, 5) is 38.1. The molecule has 0 spiro atoms. The third-order valence-electron chi connectivity index (χ3n) is 5.97. The highest BCUT2D eigenvalue weighted by atomic mass is 16.5. The van der Waals surface area contributed by atoms with E-state index in [1.54, 1.807) is 54.4 Å². The van der Waals surface area contributed by atoms with Crippen LogP contribution in [0.1, 0.15) is 60.4 Å². The van der Waals surface area contributed by atoms with E-state index in [1.165, 1.54) is 6.20 Å². The van der Waals surface area contributed by atoms with Gasteiger partial charge in [0.05, 0.1) is 24.8 Å². The van der Waals surface area contributed by atoms with E-state index in [1.807, 2.05) is 6.92 Å². The summed E-state index contributed by atoms with van der Waals surface area (Å²) in [5.41, 5.74) is 1.43. The van der Waals surface area contributed by atoms with Crippen LogP contribution in [0.3, 0.4) is 0 Å². The van der Waals surface area contributed by atoms with E-state index in [0.717, 1.165) is 6.42 Å². The number of nitrogens with zero attached hydrogens (tertiary/aromatic N) is 4. The summed E-state index contributed by atoms with van der Waals surface area (Å²) in [5.74, 6) is 6.30. The third-order valence-corrected chi connectivity index (χ3v) is 5.97. The number of pyridine rings is 2. The Morgan fingerprint density at radius 2 is 2.11 bits per heavy atom. The van der Waals surface area contributed by atoms with Crippen molar-refractivity contribution in [3.63, 3.8) is 0 Å². The number of aliphatic hydroxyl groups is 1.